The van der Waals surface area contributed by atoms with Gasteiger partial charge in [0.05, 0.1) is 6.04 Å². The number of aromatic nitrogens is 1. The highest BCUT2D eigenvalue weighted by molar-refractivity contribution is 5.92. The number of benzene rings is 1. The van der Waals surface area contributed by atoms with E-state index in [4.69, 9.17) is 0 Å². The molecule has 0 spiro atoms. The number of hydrogen-bond acceptors (Lipinski definition) is 3. The Bertz CT molecular complexity index is 746. The maximum Gasteiger partial charge on any atom is 0.221 e. The molecule has 0 saturated carbocycles. The molecule has 0 aliphatic carbocycles. The van der Waals surface area contributed by atoms with Crippen molar-refractivity contribution in [3.8, 4) is 0 Å². The summed E-state index contributed by atoms with van der Waals surface area (Å²) in [4.78, 5) is 38.8. The third-order valence-corrected chi connectivity index (χ3v) is 4.05. The van der Waals surface area contributed by atoms with E-state index in [2.05, 4.69) is 10.3 Å². The van der Waals surface area contributed by atoms with Gasteiger partial charge in [0, 0.05) is 42.3 Å². The van der Waals surface area contributed by atoms with Gasteiger partial charge in [0.1, 0.15) is 5.78 Å². The highest BCUT2D eigenvalue weighted by Gasteiger charge is 2.24. The molecule has 0 fully saturated rings. The number of H-pyrrole nitrogens is 1. The molecule has 0 aliphatic rings. The van der Waals surface area contributed by atoms with Gasteiger partial charge in [0.25, 0.3) is 0 Å². The van der Waals surface area contributed by atoms with Gasteiger partial charge in [-0.25, -0.2) is 0 Å². The smallest absolute Gasteiger partial charge is 0.221 e. The number of aromatic amines is 1. The van der Waals surface area contributed by atoms with E-state index in [1.54, 1.807) is 0 Å². The van der Waals surface area contributed by atoms with Crippen LogP contribution in [0.15, 0.2) is 30.5 Å². The van der Waals surface area contributed by atoms with Gasteiger partial charge in [-0.05, 0) is 18.6 Å². The van der Waals surface area contributed by atoms with E-state index in [1.807, 2.05) is 44.3 Å². The third-order valence-electron chi connectivity index (χ3n) is 4.05. The molecule has 0 bridgehead atoms. The van der Waals surface area contributed by atoms with Crippen molar-refractivity contribution in [3.63, 3.8) is 0 Å². The number of ketones is 2. The number of Topliss-reactive ketones (excluding diaryl/α,β-unsaturated/α-hetero) is 2. The zero-order chi connectivity index (χ0) is 17.7. The van der Waals surface area contributed by atoms with Crippen molar-refractivity contribution in [2.45, 2.75) is 46.1 Å². The van der Waals surface area contributed by atoms with Gasteiger partial charge in [-0.1, -0.05) is 32.0 Å². The number of fused-ring (bicyclic) bond motifs is 1. The first kappa shape index (κ1) is 17.9. The average molecular weight is 328 g/mol. The zero-order valence-electron chi connectivity index (χ0n) is 14.4. The van der Waals surface area contributed by atoms with Crippen molar-refractivity contribution in [1.82, 2.24) is 10.3 Å². The summed E-state index contributed by atoms with van der Waals surface area (Å²) in [6, 6.07) is 7.29. The minimum atomic E-state index is -0.580. The van der Waals surface area contributed by atoms with Crippen molar-refractivity contribution >= 4 is 28.4 Å². The molecule has 2 N–H and O–H groups in total. The van der Waals surface area contributed by atoms with Crippen LogP contribution in [0.2, 0.25) is 0 Å². The first-order valence-corrected chi connectivity index (χ1v) is 8.26. The van der Waals surface area contributed by atoms with Gasteiger partial charge in [0.2, 0.25) is 5.91 Å². The molecule has 1 aromatic carbocycles. The summed E-state index contributed by atoms with van der Waals surface area (Å²) in [5, 5.41) is 3.85. The molecule has 1 amide bonds. The molecule has 5 heteroatoms. The summed E-state index contributed by atoms with van der Waals surface area (Å²) in [7, 11) is 0. The van der Waals surface area contributed by atoms with Gasteiger partial charge in [-0.2, -0.15) is 0 Å². The van der Waals surface area contributed by atoms with Gasteiger partial charge < -0.3 is 15.1 Å². The van der Waals surface area contributed by atoms with Crippen LogP contribution in [0.3, 0.4) is 0 Å². The number of carbonyl (C=O) groups excluding carboxylic acids is 3. The normalized spacial score (nSPS) is 12.3. The lowest BCUT2D eigenvalue weighted by Gasteiger charge is -2.19. The minimum Gasteiger partial charge on any atom is -0.361 e. The Labute approximate surface area is 141 Å². The largest absolute Gasteiger partial charge is 0.361 e. The summed E-state index contributed by atoms with van der Waals surface area (Å²) in [6.07, 6.45) is 2.63. The van der Waals surface area contributed by atoms with E-state index in [0.717, 1.165) is 16.5 Å². The number of amides is 1. The van der Waals surface area contributed by atoms with Crippen molar-refractivity contribution in [1.29, 1.82) is 0 Å². The van der Waals surface area contributed by atoms with Crippen LogP contribution < -0.4 is 5.32 Å². The number of rotatable bonds is 8. The Morgan fingerprint density at radius 1 is 1.12 bits per heavy atom. The summed E-state index contributed by atoms with van der Waals surface area (Å²) in [5.41, 5.74) is 2.00. The fraction of sp³-hybridized carbons (Fsp3) is 0.421. The molecule has 128 valence electrons. The Morgan fingerprint density at radius 3 is 2.50 bits per heavy atom. The highest BCUT2D eigenvalue weighted by Crippen LogP contribution is 2.20. The van der Waals surface area contributed by atoms with Crippen LogP contribution in [0.4, 0.5) is 0 Å². The van der Waals surface area contributed by atoms with Crippen molar-refractivity contribution in [2.24, 2.45) is 5.92 Å². The topological polar surface area (TPSA) is 79.0 Å². The molecular formula is C19H24N2O3. The molecule has 0 radical (unpaired) electrons. The van der Waals surface area contributed by atoms with Crippen LogP contribution >= 0.6 is 0 Å². The first-order valence-electron chi connectivity index (χ1n) is 8.26. The van der Waals surface area contributed by atoms with Crippen LogP contribution in [-0.4, -0.2) is 28.5 Å². The predicted octanol–water partition coefficient (Wildman–Crippen LogP) is 2.79. The molecule has 1 aromatic heterocycles. The van der Waals surface area contributed by atoms with E-state index in [0.29, 0.717) is 6.42 Å². The monoisotopic (exact) mass is 328 g/mol. The van der Waals surface area contributed by atoms with Gasteiger partial charge in [-0.15, -0.1) is 0 Å². The second-order valence-corrected chi connectivity index (χ2v) is 6.44. The molecular weight excluding hydrogens is 304 g/mol. The quantitative estimate of drug-likeness (QED) is 0.782. The summed E-state index contributed by atoms with van der Waals surface area (Å²) < 4.78 is 0. The molecule has 2 aromatic rings. The highest BCUT2D eigenvalue weighted by atomic mass is 16.2. The van der Waals surface area contributed by atoms with Crippen LogP contribution in [0, 0.1) is 5.92 Å². The lowest BCUT2D eigenvalue weighted by atomic mass is 9.95. The molecule has 24 heavy (non-hydrogen) atoms. The van der Waals surface area contributed by atoms with E-state index in [9.17, 15) is 14.4 Å². The van der Waals surface area contributed by atoms with E-state index < -0.39 is 6.04 Å². The van der Waals surface area contributed by atoms with Crippen molar-refractivity contribution < 1.29 is 14.4 Å². The van der Waals surface area contributed by atoms with E-state index >= 15 is 0 Å². The Hall–Kier alpha value is -2.43. The molecule has 0 aliphatic heterocycles. The Kier molecular flexibility index (Phi) is 5.90. The summed E-state index contributed by atoms with van der Waals surface area (Å²) in [6.45, 7) is 5.11. The minimum absolute atomic E-state index is 0.00328. The molecule has 2 rings (SSSR count). The molecule has 0 saturated heterocycles. The lowest BCUT2D eigenvalue weighted by molar-refractivity contribution is -0.130. The van der Waals surface area contributed by atoms with Crippen LogP contribution in [-0.2, 0) is 20.8 Å². The van der Waals surface area contributed by atoms with Crippen LogP contribution in [0.1, 0.15) is 39.2 Å². The van der Waals surface area contributed by atoms with Gasteiger partial charge in [0.15, 0.2) is 5.78 Å². The number of hydrogen-bond donors (Lipinski definition) is 2. The second kappa shape index (κ2) is 7.90. The van der Waals surface area contributed by atoms with E-state index in [-0.39, 0.29) is 36.2 Å². The fourth-order valence-corrected chi connectivity index (χ4v) is 2.70. The zero-order valence-corrected chi connectivity index (χ0v) is 14.4. The first-order chi connectivity index (χ1) is 11.4. The molecule has 5 nitrogen and oxygen atoms in total. The molecule has 1 atom stereocenters. The lowest BCUT2D eigenvalue weighted by Crippen LogP contribution is -2.44. The van der Waals surface area contributed by atoms with Crippen molar-refractivity contribution in [2.75, 3.05) is 0 Å². The van der Waals surface area contributed by atoms with E-state index in [1.165, 1.54) is 6.92 Å². The maximum absolute atomic E-state index is 12.5. The van der Waals surface area contributed by atoms with Crippen LogP contribution in [0.25, 0.3) is 10.9 Å². The number of para-hydroxylation sites is 1. The Balaban J connectivity index is 2.15. The Morgan fingerprint density at radius 2 is 1.83 bits per heavy atom. The number of carbonyl (C=O) groups is 3. The third kappa shape index (κ3) is 4.54. The summed E-state index contributed by atoms with van der Waals surface area (Å²) in [5.74, 6) is -0.470. The fourth-order valence-electron chi connectivity index (χ4n) is 2.70. The number of nitrogens with one attached hydrogen (secondary N) is 2. The van der Waals surface area contributed by atoms with Gasteiger partial charge in [-0.3, -0.25) is 9.59 Å². The average Bonchev–Trinajstić information content (AvgIpc) is 2.94. The second-order valence-electron chi connectivity index (χ2n) is 6.44. The summed E-state index contributed by atoms with van der Waals surface area (Å²) >= 11 is 0. The maximum atomic E-state index is 12.5. The SMILES string of the molecule is CC(=O)CCC(=O)NC(Cc1c[nH]c2ccccc12)C(=O)C(C)C. The van der Waals surface area contributed by atoms with Crippen molar-refractivity contribution in [3.05, 3.63) is 36.0 Å². The van der Waals surface area contributed by atoms with Crippen LogP contribution in [0.5, 0.6) is 0 Å². The molecule has 1 unspecified atom stereocenters. The predicted molar refractivity (Wildman–Crippen MR) is 93.7 cm³/mol. The molecule has 1 heterocycles. The standard InChI is InChI=1S/C19H24N2O3/c1-12(2)19(24)17(21-18(23)9-8-13(3)22)10-14-11-20-16-7-5-4-6-15(14)16/h4-7,11-12,17,20H,8-10H2,1-3H3,(H,21,23). The van der Waals surface area contributed by atoms with Gasteiger partial charge >= 0.3 is 0 Å².